The molecule has 1 heterocycles. The van der Waals surface area contributed by atoms with Crippen molar-refractivity contribution >= 4 is 23.8 Å². The number of urea groups is 1. The first kappa shape index (κ1) is 19.7. The first-order chi connectivity index (χ1) is 13.4. The molecular formula is C19H24N4O5. The predicted molar refractivity (Wildman–Crippen MR) is 99.3 cm³/mol. The van der Waals surface area contributed by atoms with Gasteiger partial charge in [0, 0.05) is 18.5 Å². The molecule has 5 amide bonds. The molecule has 9 nitrogen and oxygen atoms in total. The van der Waals surface area contributed by atoms with Crippen molar-refractivity contribution in [2.75, 3.05) is 13.7 Å². The second-order valence-electron chi connectivity index (χ2n) is 7.01. The van der Waals surface area contributed by atoms with Gasteiger partial charge in [0.25, 0.3) is 11.8 Å². The first-order valence-electron chi connectivity index (χ1n) is 9.32. The zero-order chi connectivity index (χ0) is 20.1. The molecule has 150 valence electrons. The van der Waals surface area contributed by atoms with Gasteiger partial charge in [-0.25, -0.2) is 4.79 Å². The number of benzene rings is 1. The second kappa shape index (κ2) is 8.28. The van der Waals surface area contributed by atoms with Gasteiger partial charge < -0.3 is 10.1 Å². The summed E-state index contributed by atoms with van der Waals surface area (Å²) in [5.41, 5.74) is 4.31. The predicted octanol–water partition coefficient (Wildman–Crippen LogP) is 1.10. The van der Waals surface area contributed by atoms with E-state index in [2.05, 4.69) is 16.2 Å². The van der Waals surface area contributed by atoms with E-state index in [1.54, 1.807) is 24.3 Å². The van der Waals surface area contributed by atoms with Crippen LogP contribution in [0.2, 0.25) is 0 Å². The third kappa shape index (κ3) is 4.08. The number of hydrogen-bond donors (Lipinski definition) is 3. The molecule has 0 atom stereocenters. The fourth-order valence-corrected chi connectivity index (χ4v) is 3.60. The minimum atomic E-state index is -0.730. The Morgan fingerprint density at radius 3 is 2.46 bits per heavy atom. The molecule has 0 unspecified atom stereocenters. The molecule has 1 aliphatic heterocycles. The molecule has 1 aromatic carbocycles. The number of methoxy groups -OCH3 is 1. The highest BCUT2D eigenvalue weighted by molar-refractivity contribution is 6.07. The Morgan fingerprint density at radius 2 is 1.82 bits per heavy atom. The molecule has 1 saturated carbocycles. The van der Waals surface area contributed by atoms with E-state index >= 15 is 0 Å². The van der Waals surface area contributed by atoms with Gasteiger partial charge in [0.1, 0.15) is 11.3 Å². The van der Waals surface area contributed by atoms with Crippen LogP contribution >= 0.6 is 0 Å². The quantitative estimate of drug-likeness (QED) is 0.498. The maximum absolute atomic E-state index is 12.5. The van der Waals surface area contributed by atoms with Gasteiger partial charge in [-0.1, -0.05) is 12.8 Å². The summed E-state index contributed by atoms with van der Waals surface area (Å²) in [5, 5.41) is 2.80. The van der Waals surface area contributed by atoms with Gasteiger partial charge >= 0.3 is 6.03 Å². The Labute approximate surface area is 162 Å². The Hall–Kier alpha value is -3.10. The number of nitrogens with zero attached hydrogens (tertiary/aromatic N) is 1. The van der Waals surface area contributed by atoms with E-state index in [1.807, 2.05) is 0 Å². The molecule has 1 aromatic rings. The summed E-state index contributed by atoms with van der Waals surface area (Å²) in [5.74, 6) is -0.415. The summed E-state index contributed by atoms with van der Waals surface area (Å²) in [6.45, 7) is 0.173. The minimum absolute atomic E-state index is 0.0763. The number of carbonyl (C=O) groups is 4. The van der Waals surface area contributed by atoms with Gasteiger partial charge in [-0.15, -0.1) is 0 Å². The van der Waals surface area contributed by atoms with Crippen LogP contribution in [0.1, 0.15) is 48.9 Å². The molecule has 0 aromatic heterocycles. The highest BCUT2D eigenvalue weighted by Crippen LogP contribution is 2.35. The van der Waals surface area contributed by atoms with Crippen molar-refractivity contribution in [3.05, 3.63) is 29.8 Å². The second-order valence-corrected chi connectivity index (χ2v) is 7.01. The lowest BCUT2D eigenvalue weighted by atomic mass is 9.98. The Kier molecular flexibility index (Phi) is 5.81. The van der Waals surface area contributed by atoms with E-state index in [4.69, 9.17) is 4.74 Å². The fraction of sp³-hybridized carbons (Fsp3) is 0.474. The van der Waals surface area contributed by atoms with Gasteiger partial charge in [0.05, 0.1) is 7.11 Å². The van der Waals surface area contributed by atoms with Crippen LogP contribution in [0.25, 0.3) is 0 Å². The third-order valence-corrected chi connectivity index (χ3v) is 5.16. The number of amides is 5. The normalized spacial score (nSPS) is 17.5. The van der Waals surface area contributed by atoms with Crippen molar-refractivity contribution in [3.63, 3.8) is 0 Å². The number of nitrogens with one attached hydrogen (secondary N) is 3. The van der Waals surface area contributed by atoms with Crippen molar-refractivity contribution in [2.24, 2.45) is 0 Å². The number of ether oxygens (including phenoxy) is 1. The average molecular weight is 388 g/mol. The molecular weight excluding hydrogens is 364 g/mol. The van der Waals surface area contributed by atoms with Gasteiger partial charge in [0.2, 0.25) is 5.91 Å². The minimum Gasteiger partial charge on any atom is -0.497 e. The highest BCUT2D eigenvalue weighted by atomic mass is 16.5. The molecule has 28 heavy (non-hydrogen) atoms. The smallest absolute Gasteiger partial charge is 0.325 e. The molecule has 1 spiro atoms. The summed E-state index contributed by atoms with van der Waals surface area (Å²) in [6.07, 6.45) is 3.59. The van der Waals surface area contributed by atoms with E-state index in [9.17, 15) is 19.2 Å². The molecule has 3 rings (SSSR count). The van der Waals surface area contributed by atoms with E-state index in [1.165, 1.54) is 12.0 Å². The van der Waals surface area contributed by atoms with Gasteiger partial charge in [-0.2, -0.15) is 0 Å². The van der Waals surface area contributed by atoms with Crippen LogP contribution < -0.4 is 20.9 Å². The van der Waals surface area contributed by atoms with Crippen molar-refractivity contribution in [2.45, 2.75) is 44.1 Å². The summed E-state index contributed by atoms with van der Waals surface area (Å²) in [4.78, 5) is 49.7. The molecule has 1 saturated heterocycles. The van der Waals surface area contributed by atoms with E-state index in [0.717, 1.165) is 12.8 Å². The third-order valence-electron chi connectivity index (χ3n) is 5.16. The zero-order valence-corrected chi connectivity index (χ0v) is 15.7. The molecule has 3 N–H and O–H groups in total. The SMILES string of the molecule is COc1ccc(C(=O)NNC(=O)CCCN2C(=O)NC3(CCCC3)C2=O)cc1. The molecule has 0 radical (unpaired) electrons. The Balaban J connectivity index is 1.40. The summed E-state index contributed by atoms with van der Waals surface area (Å²) >= 11 is 0. The van der Waals surface area contributed by atoms with Crippen LogP contribution in [0, 0.1) is 0 Å². The van der Waals surface area contributed by atoms with Crippen LogP contribution in [0.3, 0.4) is 0 Å². The lowest BCUT2D eigenvalue weighted by Crippen LogP contribution is -2.44. The number of imide groups is 1. The Morgan fingerprint density at radius 1 is 1.14 bits per heavy atom. The molecule has 0 bridgehead atoms. The summed E-state index contributed by atoms with van der Waals surface area (Å²) in [6, 6.07) is 6.06. The van der Waals surface area contributed by atoms with Crippen LogP contribution in [0.15, 0.2) is 24.3 Å². The van der Waals surface area contributed by atoms with Crippen molar-refractivity contribution < 1.29 is 23.9 Å². The van der Waals surface area contributed by atoms with Gasteiger partial charge in [-0.3, -0.25) is 30.1 Å². The number of rotatable bonds is 6. The van der Waals surface area contributed by atoms with Crippen molar-refractivity contribution in [3.8, 4) is 5.75 Å². The molecule has 9 heteroatoms. The van der Waals surface area contributed by atoms with E-state index in [0.29, 0.717) is 30.6 Å². The van der Waals surface area contributed by atoms with Crippen LogP contribution in [-0.4, -0.2) is 47.8 Å². The van der Waals surface area contributed by atoms with Crippen molar-refractivity contribution in [1.29, 1.82) is 0 Å². The molecule has 2 aliphatic rings. The average Bonchev–Trinajstić information content (AvgIpc) is 3.26. The molecule has 2 fully saturated rings. The van der Waals surface area contributed by atoms with Crippen LogP contribution in [-0.2, 0) is 9.59 Å². The summed E-state index contributed by atoms with van der Waals surface area (Å²) < 4.78 is 5.02. The highest BCUT2D eigenvalue weighted by Gasteiger charge is 2.51. The lowest BCUT2D eigenvalue weighted by molar-refractivity contribution is -0.131. The topological polar surface area (TPSA) is 117 Å². The summed E-state index contributed by atoms with van der Waals surface area (Å²) in [7, 11) is 1.53. The van der Waals surface area contributed by atoms with Crippen LogP contribution in [0.4, 0.5) is 4.79 Å². The lowest BCUT2D eigenvalue weighted by Gasteiger charge is -2.19. The Bertz CT molecular complexity index is 771. The fourth-order valence-electron chi connectivity index (χ4n) is 3.60. The van der Waals surface area contributed by atoms with Crippen molar-refractivity contribution in [1.82, 2.24) is 21.1 Å². The van der Waals surface area contributed by atoms with Gasteiger partial charge in [0.15, 0.2) is 0 Å². The van der Waals surface area contributed by atoms with E-state index < -0.39 is 17.4 Å². The molecule has 1 aliphatic carbocycles. The standard InChI is InChI=1S/C19H24N4O5/c1-28-14-8-6-13(7-9-14)16(25)22-21-15(24)5-4-12-23-17(26)19(20-18(23)27)10-2-3-11-19/h6-9H,2-5,10-12H2,1H3,(H,20,27)(H,21,24)(H,22,25). The largest absolute Gasteiger partial charge is 0.497 e. The zero-order valence-electron chi connectivity index (χ0n) is 15.7. The number of carbonyl (C=O) groups excluding carboxylic acids is 4. The number of hydrazine groups is 1. The van der Waals surface area contributed by atoms with Crippen LogP contribution in [0.5, 0.6) is 5.75 Å². The van der Waals surface area contributed by atoms with E-state index in [-0.39, 0.29) is 24.9 Å². The number of hydrogen-bond acceptors (Lipinski definition) is 5. The monoisotopic (exact) mass is 388 g/mol. The first-order valence-corrected chi connectivity index (χ1v) is 9.32. The maximum atomic E-state index is 12.5. The van der Waals surface area contributed by atoms with Gasteiger partial charge in [-0.05, 0) is 43.5 Å². The maximum Gasteiger partial charge on any atom is 0.325 e.